The van der Waals surface area contributed by atoms with Crippen molar-refractivity contribution in [2.45, 2.75) is 45.6 Å². The van der Waals surface area contributed by atoms with Crippen LogP contribution in [-0.4, -0.2) is 29.6 Å². The van der Waals surface area contributed by atoms with E-state index in [1.807, 2.05) is 13.8 Å². The van der Waals surface area contributed by atoms with Gasteiger partial charge in [0.25, 0.3) is 0 Å². The van der Waals surface area contributed by atoms with Crippen LogP contribution in [0.1, 0.15) is 39.5 Å². The SMILES string of the molecule is CCC[C@@H](N)C(=O)NCC(C)CCC(=O)O. The molecule has 0 bridgehead atoms. The van der Waals surface area contributed by atoms with E-state index in [0.717, 1.165) is 6.42 Å². The van der Waals surface area contributed by atoms with Gasteiger partial charge < -0.3 is 16.2 Å². The van der Waals surface area contributed by atoms with Gasteiger partial charge >= 0.3 is 5.97 Å². The van der Waals surface area contributed by atoms with Crippen molar-refractivity contribution in [2.75, 3.05) is 6.54 Å². The highest BCUT2D eigenvalue weighted by Crippen LogP contribution is 2.04. The summed E-state index contributed by atoms with van der Waals surface area (Å²) in [5, 5.41) is 11.2. The van der Waals surface area contributed by atoms with E-state index in [9.17, 15) is 9.59 Å². The number of rotatable bonds is 8. The van der Waals surface area contributed by atoms with Gasteiger partial charge in [-0.25, -0.2) is 0 Å². The number of aliphatic carboxylic acids is 1. The molecule has 16 heavy (non-hydrogen) atoms. The van der Waals surface area contributed by atoms with E-state index in [1.165, 1.54) is 0 Å². The molecule has 2 atom stereocenters. The normalized spacial score (nSPS) is 14.2. The predicted molar refractivity (Wildman–Crippen MR) is 61.9 cm³/mol. The quantitative estimate of drug-likeness (QED) is 0.573. The standard InChI is InChI=1S/C11H22N2O3/c1-3-4-9(12)11(16)13-7-8(2)5-6-10(14)15/h8-9H,3-7,12H2,1-2H3,(H,13,16)(H,14,15)/t8?,9-/m1/s1. The average molecular weight is 230 g/mol. The van der Waals surface area contributed by atoms with E-state index in [4.69, 9.17) is 10.8 Å². The zero-order valence-electron chi connectivity index (χ0n) is 10.0. The van der Waals surface area contributed by atoms with Gasteiger partial charge in [0.2, 0.25) is 5.91 Å². The van der Waals surface area contributed by atoms with E-state index < -0.39 is 12.0 Å². The Hall–Kier alpha value is -1.10. The first-order valence-corrected chi connectivity index (χ1v) is 5.72. The first kappa shape index (κ1) is 14.9. The summed E-state index contributed by atoms with van der Waals surface area (Å²) in [5.74, 6) is -0.793. The fraction of sp³-hybridized carbons (Fsp3) is 0.818. The molecule has 4 N–H and O–H groups in total. The third-order valence-electron chi connectivity index (χ3n) is 2.41. The monoisotopic (exact) mass is 230 g/mol. The van der Waals surface area contributed by atoms with E-state index in [1.54, 1.807) is 0 Å². The van der Waals surface area contributed by atoms with Gasteiger partial charge in [0.1, 0.15) is 0 Å². The molecular formula is C11H22N2O3. The number of carboxylic acid groups (broad SMARTS) is 1. The second-order valence-corrected chi connectivity index (χ2v) is 4.18. The maximum absolute atomic E-state index is 11.4. The van der Waals surface area contributed by atoms with E-state index in [2.05, 4.69) is 5.32 Å². The molecule has 0 heterocycles. The van der Waals surface area contributed by atoms with Crippen LogP contribution >= 0.6 is 0 Å². The lowest BCUT2D eigenvalue weighted by Crippen LogP contribution is -2.42. The molecule has 0 fully saturated rings. The second-order valence-electron chi connectivity index (χ2n) is 4.18. The lowest BCUT2D eigenvalue weighted by atomic mass is 10.1. The van der Waals surface area contributed by atoms with Crippen molar-refractivity contribution in [2.24, 2.45) is 11.7 Å². The largest absolute Gasteiger partial charge is 0.481 e. The van der Waals surface area contributed by atoms with Crippen LogP contribution in [0.25, 0.3) is 0 Å². The van der Waals surface area contributed by atoms with Crippen molar-refractivity contribution in [3.63, 3.8) is 0 Å². The molecular weight excluding hydrogens is 208 g/mol. The Balaban J connectivity index is 3.69. The van der Waals surface area contributed by atoms with Crippen LogP contribution in [0, 0.1) is 5.92 Å². The Morgan fingerprint density at radius 3 is 2.50 bits per heavy atom. The van der Waals surface area contributed by atoms with Gasteiger partial charge in [0.05, 0.1) is 6.04 Å². The molecule has 0 radical (unpaired) electrons. The highest BCUT2D eigenvalue weighted by molar-refractivity contribution is 5.81. The van der Waals surface area contributed by atoms with Crippen LogP contribution in [-0.2, 0) is 9.59 Å². The Morgan fingerprint density at radius 1 is 1.38 bits per heavy atom. The summed E-state index contributed by atoms with van der Waals surface area (Å²) < 4.78 is 0. The van der Waals surface area contributed by atoms with Gasteiger partial charge in [-0.3, -0.25) is 9.59 Å². The minimum atomic E-state index is -0.805. The number of hydrogen-bond donors (Lipinski definition) is 3. The van der Waals surface area contributed by atoms with Crippen LogP contribution < -0.4 is 11.1 Å². The van der Waals surface area contributed by atoms with Crippen molar-refractivity contribution in [3.8, 4) is 0 Å². The molecule has 0 saturated heterocycles. The minimum absolute atomic E-state index is 0.137. The molecule has 0 aliphatic heterocycles. The van der Waals surface area contributed by atoms with Crippen molar-refractivity contribution in [1.82, 2.24) is 5.32 Å². The number of nitrogens with one attached hydrogen (secondary N) is 1. The lowest BCUT2D eigenvalue weighted by molar-refractivity contribution is -0.137. The first-order chi connectivity index (χ1) is 7.47. The number of carbonyl (C=O) groups excluding carboxylic acids is 1. The summed E-state index contributed by atoms with van der Waals surface area (Å²) in [6.45, 7) is 4.38. The van der Waals surface area contributed by atoms with Gasteiger partial charge in [0.15, 0.2) is 0 Å². The van der Waals surface area contributed by atoms with E-state index in [-0.39, 0.29) is 18.2 Å². The highest BCUT2D eigenvalue weighted by Gasteiger charge is 2.13. The molecule has 1 unspecified atom stereocenters. The summed E-state index contributed by atoms with van der Waals surface area (Å²) in [6.07, 6.45) is 2.26. The van der Waals surface area contributed by atoms with Crippen LogP contribution in [0.2, 0.25) is 0 Å². The third-order valence-corrected chi connectivity index (χ3v) is 2.41. The molecule has 0 aliphatic rings. The number of nitrogens with two attached hydrogens (primary N) is 1. The van der Waals surface area contributed by atoms with E-state index >= 15 is 0 Å². The Kier molecular flexibility index (Phi) is 7.54. The summed E-state index contributed by atoms with van der Waals surface area (Å²) in [5.41, 5.74) is 5.63. The molecule has 5 heteroatoms. The molecule has 94 valence electrons. The highest BCUT2D eigenvalue weighted by atomic mass is 16.4. The Morgan fingerprint density at radius 2 is 2.00 bits per heavy atom. The van der Waals surface area contributed by atoms with Gasteiger partial charge in [-0.1, -0.05) is 20.3 Å². The Bertz CT molecular complexity index is 231. The minimum Gasteiger partial charge on any atom is -0.481 e. The number of carboxylic acids is 1. The van der Waals surface area contributed by atoms with Gasteiger partial charge in [-0.05, 0) is 18.8 Å². The smallest absolute Gasteiger partial charge is 0.303 e. The summed E-state index contributed by atoms with van der Waals surface area (Å²) in [7, 11) is 0. The fourth-order valence-electron chi connectivity index (χ4n) is 1.32. The first-order valence-electron chi connectivity index (χ1n) is 5.72. The number of carbonyl (C=O) groups is 2. The Labute approximate surface area is 96.4 Å². The summed E-state index contributed by atoms with van der Waals surface area (Å²) in [6, 6.07) is -0.448. The second kappa shape index (κ2) is 8.10. The van der Waals surface area contributed by atoms with Gasteiger partial charge in [0, 0.05) is 13.0 Å². The molecule has 0 saturated carbocycles. The molecule has 0 aliphatic carbocycles. The molecule has 0 rings (SSSR count). The number of amides is 1. The van der Waals surface area contributed by atoms with Crippen molar-refractivity contribution >= 4 is 11.9 Å². The van der Waals surface area contributed by atoms with Crippen molar-refractivity contribution in [1.29, 1.82) is 0 Å². The summed E-state index contributed by atoms with van der Waals surface area (Å²) in [4.78, 5) is 21.8. The molecule has 0 spiro atoms. The molecule has 0 aromatic rings. The topological polar surface area (TPSA) is 92.4 Å². The maximum Gasteiger partial charge on any atom is 0.303 e. The zero-order chi connectivity index (χ0) is 12.6. The molecule has 0 aromatic carbocycles. The van der Waals surface area contributed by atoms with Crippen LogP contribution in [0.3, 0.4) is 0 Å². The maximum atomic E-state index is 11.4. The summed E-state index contributed by atoms with van der Waals surface area (Å²) >= 11 is 0. The van der Waals surface area contributed by atoms with Gasteiger partial charge in [-0.2, -0.15) is 0 Å². The van der Waals surface area contributed by atoms with E-state index in [0.29, 0.717) is 19.4 Å². The van der Waals surface area contributed by atoms with Gasteiger partial charge in [-0.15, -0.1) is 0 Å². The number of hydrogen-bond acceptors (Lipinski definition) is 3. The lowest BCUT2D eigenvalue weighted by Gasteiger charge is -2.14. The molecule has 1 amide bonds. The molecule has 0 aromatic heterocycles. The average Bonchev–Trinajstić information content (AvgIpc) is 2.23. The van der Waals surface area contributed by atoms with Crippen LogP contribution in [0.4, 0.5) is 0 Å². The van der Waals surface area contributed by atoms with Crippen LogP contribution in [0.15, 0.2) is 0 Å². The fourth-order valence-corrected chi connectivity index (χ4v) is 1.32. The zero-order valence-corrected chi connectivity index (χ0v) is 10.0. The molecule has 5 nitrogen and oxygen atoms in total. The van der Waals surface area contributed by atoms with Crippen LogP contribution in [0.5, 0.6) is 0 Å². The van der Waals surface area contributed by atoms with Crippen molar-refractivity contribution < 1.29 is 14.7 Å². The predicted octanol–water partition coefficient (Wildman–Crippen LogP) is 0.731. The third kappa shape index (κ3) is 7.23. The van der Waals surface area contributed by atoms with Crippen molar-refractivity contribution in [3.05, 3.63) is 0 Å².